The van der Waals surface area contributed by atoms with Gasteiger partial charge in [-0.15, -0.1) is 0 Å². The average Bonchev–Trinajstić information content (AvgIpc) is 2.67. The molecule has 4 heteroatoms. The molecule has 5 rings (SSSR count). The van der Waals surface area contributed by atoms with Crippen molar-refractivity contribution >= 4 is 11.9 Å². The predicted molar refractivity (Wildman–Crippen MR) is 67.7 cm³/mol. The van der Waals surface area contributed by atoms with Gasteiger partial charge in [0.1, 0.15) is 5.60 Å². The number of amides is 1. The van der Waals surface area contributed by atoms with Gasteiger partial charge >= 0.3 is 5.97 Å². The molecule has 0 aromatic heterocycles. The summed E-state index contributed by atoms with van der Waals surface area (Å²) in [7, 11) is 0. The maximum atomic E-state index is 12.4. The van der Waals surface area contributed by atoms with Crippen LogP contribution < -0.4 is 5.32 Å². The first-order valence-electron chi connectivity index (χ1n) is 6.92. The lowest BCUT2D eigenvalue weighted by molar-refractivity contribution is -0.151. The van der Waals surface area contributed by atoms with E-state index in [-0.39, 0.29) is 23.4 Å². The summed E-state index contributed by atoms with van der Waals surface area (Å²) in [4.78, 5) is 23.9. The standard InChI is InChI=1S/C15H17NO3/c1-8-5-10(16-12(8)17)7-15-9-3-4-14(2,11(15)6-9)19-13(15)18/h5,7,9,11H,3-4,6H2,1-2H3,(H,16,17)/b10-7+. The van der Waals surface area contributed by atoms with Crippen LogP contribution in [0.25, 0.3) is 0 Å². The van der Waals surface area contributed by atoms with E-state index in [0.29, 0.717) is 11.5 Å². The fourth-order valence-electron chi connectivity index (χ4n) is 4.45. The normalized spacial score (nSPS) is 48.7. The second kappa shape index (κ2) is 3.11. The molecule has 1 N–H and O–H groups in total. The van der Waals surface area contributed by atoms with E-state index in [1.54, 1.807) is 6.92 Å². The van der Waals surface area contributed by atoms with Gasteiger partial charge in [0.25, 0.3) is 5.91 Å². The molecule has 4 unspecified atom stereocenters. The Morgan fingerprint density at radius 2 is 2.26 bits per heavy atom. The second-order valence-corrected chi connectivity index (χ2v) is 6.54. The van der Waals surface area contributed by atoms with Crippen LogP contribution in [0.15, 0.2) is 23.4 Å². The van der Waals surface area contributed by atoms with Gasteiger partial charge in [0, 0.05) is 17.2 Å². The fraction of sp³-hybridized carbons (Fsp3) is 0.600. The van der Waals surface area contributed by atoms with Crippen molar-refractivity contribution in [2.45, 2.75) is 38.7 Å². The Labute approximate surface area is 111 Å². The first-order chi connectivity index (χ1) is 8.95. The number of fused-ring (bicyclic) bond motifs is 1. The van der Waals surface area contributed by atoms with Crippen molar-refractivity contribution in [3.8, 4) is 0 Å². The van der Waals surface area contributed by atoms with Crippen molar-refractivity contribution in [2.75, 3.05) is 0 Å². The van der Waals surface area contributed by atoms with Crippen molar-refractivity contribution in [3.63, 3.8) is 0 Å². The number of rotatable bonds is 1. The van der Waals surface area contributed by atoms with Gasteiger partial charge in [-0.1, -0.05) is 0 Å². The minimum absolute atomic E-state index is 0.0683. The van der Waals surface area contributed by atoms with Gasteiger partial charge in [-0.05, 0) is 51.2 Å². The summed E-state index contributed by atoms with van der Waals surface area (Å²) in [6.07, 6.45) is 6.88. The minimum Gasteiger partial charge on any atom is -0.458 e. The Hall–Kier alpha value is -1.58. The number of carbonyl (C=O) groups is 2. The van der Waals surface area contributed by atoms with E-state index >= 15 is 0 Å². The molecule has 0 radical (unpaired) electrons. The topological polar surface area (TPSA) is 55.4 Å². The smallest absolute Gasteiger partial charge is 0.317 e. The molecule has 19 heavy (non-hydrogen) atoms. The summed E-state index contributed by atoms with van der Waals surface area (Å²) in [5.41, 5.74) is 0.697. The van der Waals surface area contributed by atoms with Crippen molar-refractivity contribution in [2.24, 2.45) is 17.3 Å². The van der Waals surface area contributed by atoms with E-state index in [4.69, 9.17) is 4.74 Å². The largest absolute Gasteiger partial charge is 0.458 e. The van der Waals surface area contributed by atoms with Gasteiger partial charge < -0.3 is 10.1 Å². The molecule has 4 atom stereocenters. The lowest BCUT2D eigenvalue weighted by atomic mass is 9.44. The molecule has 3 saturated carbocycles. The highest BCUT2D eigenvalue weighted by atomic mass is 16.6. The molecule has 4 nitrogen and oxygen atoms in total. The number of hydrogen-bond donors (Lipinski definition) is 1. The van der Waals surface area contributed by atoms with Crippen LogP contribution in [0.4, 0.5) is 0 Å². The summed E-state index contributed by atoms with van der Waals surface area (Å²) >= 11 is 0. The Morgan fingerprint density at radius 3 is 2.89 bits per heavy atom. The summed E-state index contributed by atoms with van der Waals surface area (Å²) in [5.74, 6) is 0.513. The van der Waals surface area contributed by atoms with Crippen molar-refractivity contribution in [3.05, 3.63) is 23.4 Å². The molecule has 0 aromatic carbocycles. The van der Waals surface area contributed by atoms with Crippen LogP contribution in [-0.4, -0.2) is 17.5 Å². The van der Waals surface area contributed by atoms with E-state index in [9.17, 15) is 9.59 Å². The third-order valence-electron chi connectivity index (χ3n) is 5.56. The molecule has 4 fully saturated rings. The zero-order valence-electron chi connectivity index (χ0n) is 11.2. The predicted octanol–water partition coefficient (Wildman–Crippen LogP) is 1.68. The van der Waals surface area contributed by atoms with Gasteiger partial charge in [-0.2, -0.15) is 0 Å². The van der Waals surface area contributed by atoms with Crippen LogP contribution in [0, 0.1) is 17.3 Å². The Morgan fingerprint density at radius 1 is 1.47 bits per heavy atom. The highest BCUT2D eigenvalue weighted by Crippen LogP contribution is 2.69. The SMILES string of the molecule is CC1=C/C(=C\C23C(=O)OC4(C)CCC2CC43)NC1=O. The fourth-order valence-corrected chi connectivity index (χ4v) is 4.45. The van der Waals surface area contributed by atoms with Crippen LogP contribution in [0.1, 0.15) is 33.1 Å². The van der Waals surface area contributed by atoms with Crippen molar-refractivity contribution in [1.29, 1.82) is 0 Å². The van der Waals surface area contributed by atoms with Crippen molar-refractivity contribution < 1.29 is 14.3 Å². The van der Waals surface area contributed by atoms with E-state index in [1.165, 1.54) is 0 Å². The van der Waals surface area contributed by atoms with Gasteiger partial charge in [0.15, 0.2) is 0 Å². The number of allylic oxidation sites excluding steroid dienone is 1. The van der Waals surface area contributed by atoms with Crippen LogP contribution >= 0.6 is 0 Å². The molecule has 100 valence electrons. The van der Waals surface area contributed by atoms with E-state index in [0.717, 1.165) is 25.0 Å². The van der Waals surface area contributed by atoms with E-state index in [2.05, 4.69) is 12.2 Å². The second-order valence-electron chi connectivity index (χ2n) is 6.54. The summed E-state index contributed by atoms with van der Waals surface area (Å²) in [5, 5.41) is 2.82. The molecule has 3 aliphatic carbocycles. The Bertz CT molecular complexity index is 574. The van der Waals surface area contributed by atoms with Gasteiger partial charge in [-0.3, -0.25) is 9.59 Å². The molecule has 5 aliphatic rings. The molecule has 1 amide bonds. The van der Waals surface area contributed by atoms with Gasteiger partial charge in [0.2, 0.25) is 0 Å². The first-order valence-corrected chi connectivity index (χ1v) is 6.92. The van der Waals surface area contributed by atoms with Crippen LogP contribution in [-0.2, 0) is 14.3 Å². The molecule has 1 saturated heterocycles. The molecule has 4 bridgehead atoms. The summed E-state index contributed by atoms with van der Waals surface area (Å²) < 4.78 is 5.68. The molecule has 2 heterocycles. The zero-order chi connectivity index (χ0) is 13.4. The number of esters is 1. The van der Waals surface area contributed by atoms with Crippen LogP contribution in [0.5, 0.6) is 0 Å². The van der Waals surface area contributed by atoms with Crippen LogP contribution in [0.3, 0.4) is 0 Å². The molecule has 0 spiro atoms. The Kier molecular flexibility index (Phi) is 1.84. The minimum atomic E-state index is -0.475. The highest BCUT2D eigenvalue weighted by Gasteiger charge is 2.74. The molecule has 0 aromatic rings. The molecule has 2 aliphatic heterocycles. The third-order valence-corrected chi connectivity index (χ3v) is 5.56. The highest BCUT2D eigenvalue weighted by molar-refractivity contribution is 5.98. The number of ether oxygens (including phenoxy) is 1. The van der Waals surface area contributed by atoms with E-state index in [1.807, 2.05) is 12.2 Å². The lowest BCUT2D eigenvalue weighted by Crippen LogP contribution is -2.57. The monoisotopic (exact) mass is 259 g/mol. The average molecular weight is 259 g/mol. The molecular formula is C15H17NO3. The number of carbonyl (C=O) groups excluding carboxylic acids is 2. The maximum Gasteiger partial charge on any atom is 0.317 e. The van der Waals surface area contributed by atoms with Gasteiger partial charge in [0.05, 0.1) is 5.41 Å². The quantitative estimate of drug-likeness (QED) is 0.729. The van der Waals surface area contributed by atoms with E-state index < -0.39 is 5.41 Å². The number of nitrogens with one attached hydrogen (secondary N) is 1. The maximum absolute atomic E-state index is 12.4. The molecular weight excluding hydrogens is 242 g/mol. The van der Waals surface area contributed by atoms with Crippen molar-refractivity contribution in [1.82, 2.24) is 5.32 Å². The summed E-state index contributed by atoms with van der Waals surface area (Å²) in [6.45, 7) is 3.84. The summed E-state index contributed by atoms with van der Waals surface area (Å²) in [6, 6.07) is 0. The van der Waals surface area contributed by atoms with Gasteiger partial charge in [-0.25, -0.2) is 0 Å². The first kappa shape index (κ1) is 11.3. The lowest BCUT2D eigenvalue weighted by Gasteiger charge is -2.55. The Balaban J connectivity index is 1.78. The number of hydrogen-bond acceptors (Lipinski definition) is 3. The van der Waals surface area contributed by atoms with Crippen LogP contribution in [0.2, 0.25) is 0 Å². The zero-order valence-corrected chi connectivity index (χ0v) is 11.2. The third kappa shape index (κ3) is 1.15.